The van der Waals surface area contributed by atoms with Crippen molar-refractivity contribution in [3.05, 3.63) is 41.6 Å². The molecule has 0 aliphatic carbocycles. The lowest BCUT2D eigenvalue weighted by Crippen LogP contribution is -2.70. The molecule has 132 valence electrons. The van der Waals surface area contributed by atoms with E-state index in [0.717, 1.165) is 10.5 Å². The topological polar surface area (TPSA) is 75.7 Å². The van der Waals surface area contributed by atoms with Crippen LogP contribution in [0.25, 0.3) is 0 Å². The van der Waals surface area contributed by atoms with E-state index in [1.165, 1.54) is 35.5 Å². The molecule has 8 heteroatoms. The van der Waals surface area contributed by atoms with Crippen LogP contribution in [0.1, 0.15) is 6.92 Å². The number of fused-ring (bicyclic) bond motifs is 1. The molecule has 25 heavy (non-hydrogen) atoms. The van der Waals surface area contributed by atoms with E-state index in [-0.39, 0.29) is 22.9 Å². The van der Waals surface area contributed by atoms with Crippen LogP contribution < -0.4 is 5.32 Å². The maximum absolute atomic E-state index is 12.4. The van der Waals surface area contributed by atoms with Crippen LogP contribution in [-0.4, -0.2) is 52.7 Å². The molecule has 2 amide bonds. The van der Waals surface area contributed by atoms with Crippen molar-refractivity contribution < 1.29 is 19.1 Å². The lowest BCUT2D eigenvalue weighted by molar-refractivity contribution is -0.151. The number of hydrogen-bond donors (Lipinski definition) is 1. The molecule has 0 saturated carbocycles. The van der Waals surface area contributed by atoms with Gasteiger partial charge in [0.1, 0.15) is 17.1 Å². The van der Waals surface area contributed by atoms with Crippen LogP contribution in [0.5, 0.6) is 0 Å². The predicted molar refractivity (Wildman–Crippen MR) is 96.9 cm³/mol. The van der Waals surface area contributed by atoms with Crippen molar-refractivity contribution in [3.8, 4) is 0 Å². The van der Waals surface area contributed by atoms with Crippen LogP contribution in [0.4, 0.5) is 0 Å². The summed E-state index contributed by atoms with van der Waals surface area (Å²) in [5.74, 6) is -0.109. The van der Waals surface area contributed by atoms with Crippen molar-refractivity contribution in [1.29, 1.82) is 0 Å². The van der Waals surface area contributed by atoms with Gasteiger partial charge in [-0.2, -0.15) is 0 Å². The number of methoxy groups -OCH3 is 1. The van der Waals surface area contributed by atoms with E-state index >= 15 is 0 Å². The Bertz CT molecular complexity index is 735. The third-order valence-corrected chi connectivity index (χ3v) is 6.40. The number of β-lactam (4-membered cyclic amide) rings is 1. The van der Waals surface area contributed by atoms with Gasteiger partial charge in [0.05, 0.1) is 12.9 Å². The highest BCUT2D eigenvalue weighted by Gasteiger charge is 2.53. The molecule has 0 bridgehead atoms. The molecule has 1 aromatic rings. The molecule has 1 unspecified atom stereocenters. The van der Waals surface area contributed by atoms with Crippen molar-refractivity contribution >= 4 is 41.3 Å². The van der Waals surface area contributed by atoms with E-state index in [9.17, 15) is 14.4 Å². The summed E-state index contributed by atoms with van der Waals surface area (Å²) in [5, 5.41) is 2.53. The molecule has 2 aliphatic rings. The molecular weight excluding hydrogens is 360 g/mol. The van der Waals surface area contributed by atoms with E-state index < -0.39 is 12.0 Å². The normalized spacial score (nSPS) is 22.2. The number of carbonyl (C=O) groups is 3. The van der Waals surface area contributed by atoms with Crippen LogP contribution in [0.15, 0.2) is 46.5 Å². The molecule has 0 radical (unpaired) electrons. The fourth-order valence-electron chi connectivity index (χ4n) is 2.74. The molecule has 6 nitrogen and oxygen atoms in total. The summed E-state index contributed by atoms with van der Waals surface area (Å²) < 4.78 is 4.77. The molecule has 0 aromatic heterocycles. The Morgan fingerprint density at radius 1 is 1.36 bits per heavy atom. The third kappa shape index (κ3) is 3.55. The zero-order valence-corrected chi connectivity index (χ0v) is 15.5. The Balaban J connectivity index is 1.60. The van der Waals surface area contributed by atoms with Gasteiger partial charge in [-0.1, -0.05) is 18.2 Å². The van der Waals surface area contributed by atoms with Gasteiger partial charge in [-0.25, -0.2) is 4.79 Å². The van der Waals surface area contributed by atoms with Crippen LogP contribution in [0.3, 0.4) is 0 Å². The quantitative estimate of drug-likeness (QED) is 0.477. The number of amides is 2. The molecule has 2 aliphatic heterocycles. The first-order chi connectivity index (χ1) is 12.0. The van der Waals surface area contributed by atoms with Crippen molar-refractivity contribution in [2.24, 2.45) is 0 Å². The molecule has 0 spiro atoms. The van der Waals surface area contributed by atoms with E-state index in [4.69, 9.17) is 4.74 Å². The highest BCUT2D eigenvalue weighted by molar-refractivity contribution is 8.00. The van der Waals surface area contributed by atoms with Gasteiger partial charge < -0.3 is 10.1 Å². The Morgan fingerprint density at radius 3 is 2.76 bits per heavy atom. The number of thioether (sulfide) groups is 2. The van der Waals surface area contributed by atoms with E-state index in [1.807, 2.05) is 37.3 Å². The van der Waals surface area contributed by atoms with Gasteiger partial charge in [-0.05, 0) is 24.6 Å². The minimum atomic E-state index is -0.596. The molecule has 1 saturated heterocycles. The number of carbonyl (C=O) groups excluding carboxylic acids is 3. The lowest BCUT2D eigenvalue weighted by atomic mass is 10.0. The number of nitrogens with one attached hydrogen (secondary N) is 1. The summed E-state index contributed by atoms with van der Waals surface area (Å²) in [4.78, 5) is 39.0. The van der Waals surface area contributed by atoms with Crippen LogP contribution in [0.2, 0.25) is 0 Å². The fraction of sp³-hybridized carbons (Fsp3) is 0.353. The van der Waals surface area contributed by atoms with E-state index in [0.29, 0.717) is 11.4 Å². The Kier molecular flexibility index (Phi) is 5.39. The number of esters is 1. The summed E-state index contributed by atoms with van der Waals surface area (Å²) >= 11 is 2.96. The summed E-state index contributed by atoms with van der Waals surface area (Å²) in [6, 6.07) is 9.01. The van der Waals surface area contributed by atoms with Gasteiger partial charge in [0.25, 0.3) is 5.91 Å². The Hall–Kier alpha value is -1.93. The van der Waals surface area contributed by atoms with E-state index in [1.54, 1.807) is 0 Å². The van der Waals surface area contributed by atoms with Crippen molar-refractivity contribution in [3.63, 3.8) is 0 Å². The van der Waals surface area contributed by atoms with Gasteiger partial charge in [0.2, 0.25) is 5.91 Å². The minimum absolute atomic E-state index is 0.196. The second kappa shape index (κ2) is 7.53. The highest BCUT2D eigenvalue weighted by atomic mass is 32.2. The first-order valence-electron chi connectivity index (χ1n) is 7.73. The molecule has 2 atom stereocenters. The van der Waals surface area contributed by atoms with Gasteiger partial charge >= 0.3 is 5.97 Å². The maximum atomic E-state index is 12.4. The Labute approximate surface area is 154 Å². The summed E-state index contributed by atoms with van der Waals surface area (Å²) in [6.07, 6.45) is 0. The average molecular weight is 378 g/mol. The second-order valence-corrected chi connectivity index (χ2v) is 7.83. The molecule has 1 aromatic carbocycles. The van der Waals surface area contributed by atoms with Gasteiger partial charge in [-0.3, -0.25) is 14.5 Å². The standard InChI is InChI=1S/C17H18N2O4S2/c1-10-8-25-16-13(15(21)19(16)14(10)17(22)23-2)18-12(20)9-24-11-6-4-3-5-7-11/h3-7,13,16H,8-9H2,1-2H3,(H,18,20)/t13?,16-/m0/s1. The lowest BCUT2D eigenvalue weighted by Gasteiger charge is -2.49. The van der Waals surface area contributed by atoms with Crippen molar-refractivity contribution in [2.75, 3.05) is 18.6 Å². The molecule has 2 heterocycles. The van der Waals surface area contributed by atoms with Crippen molar-refractivity contribution in [1.82, 2.24) is 10.2 Å². The first kappa shape index (κ1) is 17.9. The summed E-state index contributed by atoms with van der Waals surface area (Å²) in [5.41, 5.74) is 1.12. The number of rotatable bonds is 5. The molecule has 1 fully saturated rings. The predicted octanol–water partition coefficient (Wildman–Crippen LogP) is 1.63. The number of hydrogen-bond acceptors (Lipinski definition) is 6. The van der Waals surface area contributed by atoms with Gasteiger partial charge in [0, 0.05) is 10.6 Å². The molecular formula is C17H18N2O4S2. The highest BCUT2D eigenvalue weighted by Crippen LogP contribution is 2.40. The SMILES string of the molecule is COC(=O)C1=C(C)CS[C@H]2C(NC(=O)CSc3ccccc3)C(=O)N12. The summed E-state index contributed by atoms with van der Waals surface area (Å²) in [7, 11) is 1.30. The maximum Gasteiger partial charge on any atom is 0.354 e. The largest absolute Gasteiger partial charge is 0.464 e. The number of benzene rings is 1. The zero-order valence-electron chi connectivity index (χ0n) is 13.9. The first-order valence-corrected chi connectivity index (χ1v) is 9.76. The van der Waals surface area contributed by atoms with Crippen LogP contribution in [0, 0.1) is 0 Å². The van der Waals surface area contributed by atoms with Gasteiger partial charge in [-0.15, -0.1) is 23.5 Å². The number of nitrogens with zero attached hydrogens (tertiary/aromatic N) is 1. The fourth-order valence-corrected chi connectivity index (χ4v) is 4.76. The second-order valence-electron chi connectivity index (χ2n) is 5.68. The monoisotopic (exact) mass is 378 g/mol. The smallest absolute Gasteiger partial charge is 0.354 e. The van der Waals surface area contributed by atoms with Crippen molar-refractivity contribution in [2.45, 2.75) is 23.2 Å². The average Bonchev–Trinajstić information content (AvgIpc) is 2.64. The molecule has 3 rings (SSSR count). The zero-order chi connectivity index (χ0) is 18.0. The minimum Gasteiger partial charge on any atom is -0.464 e. The van der Waals surface area contributed by atoms with Crippen LogP contribution in [-0.2, 0) is 19.1 Å². The summed E-state index contributed by atoms with van der Waals surface area (Å²) in [6.45, 7) is 1.81. The van der Waals surface area contributed by atoms with E-state index in [2.05, 4.69) is 5.32 Å². The number of ether oxygens (including phenoxy) is 1. The van der Waals surface area contributed by atoms with Crippen LogP contribution >= 0.6 is 23.5 Å². The Morgan fingerprint density at radius 2 is 2.08 bits per heavy atom. The third-order valence-electron chi connectivity index (χ3n) is 3.97. The molecule has 1 N–H and O–H groups in total. The van der Waals surface area contributed by atoms with Gasteiger partial charge in [0.15, 0.2) is 0 Å².